The molecule has 612 valence electrons. The lowest BCUT2D eigenvalue weighted by Crippen LogP contribution is -2.19. The molecule has 0 N–H and O–H groups in total. The zero-order valence-electron chi connectivity index (χ0n) is 72.3. The molecule has 2 aromatic carbocycles. The molecule has 3 rings (SSSR count). The minimum atomic E-state index is -0.00679. The van der Waals surface area contributed by atoms with Crippen molar-refractivity contribution in [2.75, 3.05) is 0 Å². The molecule has 1 heterocycles. The largest absolute Gasteiger partial charge is 0.494 e. The standard InChI is InChI=1S/C104H180N2O/c1-5-9-13-17-21-24-27-30-33-36-39-41-43-45-47-49-51-53-55-58-61-64-67-70-73-77-86-96-88-81-83-90-98(96)100(92-79-76-72-69-66-63-60-57-38-35-32-29-26-23-19-15-11-7-3)103(102-94-85-95-106(102)105)101(93-80-75-20-16-12-8-4)104(107)99-91-84-82-89-97(99)87-78-74-71-68-65-62-59-56-54-52-50-48-46-44-42-40-37-34-31-28-25-22-18-14-10-6-2/h67-68,70-71,81-85,88-91,94-95,100H,5-66,69,72-80,86-87,92-93H2,1-4H3. The third-order valence-corrected chi connectivity index (χ3v) is 24.2. The molecule has 1 unspecified atom stereocenters. The summed E-state index contributed by atoms with van der Waals surface area (Å²) in [5, 5.41) is 0. The fourth-order valence-electron chi connectivity index (χ4n) is 17.2. The van der Waals surface area contributed by atoms with Gasteiger partial charge in [-0.05, 0) is 100 Å². The van der Waals surface area contributed by atoms with Gasteiger partial charge in [-0.1, -0.05) is 505 Å². The Kier molecular flexibility index (Phi) is 69.7. The van der Waals surface area contributed by atoms with Crippen LogP contribution in [0.15, 0.2) is 108 Å². The van der Waals surface area contributed by atoms with Crippen LogP contribution in [0, 0.1) is 0 Å². The normalized spacial score (nSPS) is 13.0. The molecule has 0 aromatic heterocycles. The van der Waals surface area contributed by atoms with Crippen LogP contribution >= 0.6 is 0 Å². The van der Waals surface area contributed by atoms with E-state index in [1.165, 1.54) is 439 Å². The van der Waals surface area contributed by atoms with E-state index in [0.29, 0.717) is 0 Å². The molecule has 2 aromatic rings. The number of ketones is 1. The van der Waals surface area contributed by atoms with E-state index in [9.17, 15) is 5.53 Å². The number of benzene rings is 2. The zero-order chi connectivity index (χ0) is 76.1. The zero-order valence-corrected chi connectivity index (χ0v) is 72.3. The van der Waals surface area contributed by atoms with E-state index in [0.717, 1.165) is 93.0 Å². The Morgan fingerprint density at radius 3 is 0.916 bits per heavy atom. The Hall–Kier alpha value is -3.59. The van der Waals surface area contributed by atoms with Crippen LogP contribution in [0.25, 0.3) is 5.53 Å². The van der Waals surface area contributed by atoms with Gasteiger partial charge in [0.15, 0.2) is 12.0 Å². The molecule has 3 heteroatoms. The van der Waals surface area contributed by atoms with Crippen LogP contribution in [-0.4, -0.2) is 10.5 Å². The van der Waals surface area contributed by atoms with Gasteiger partial charge in [0.2, 0.25) is 5.70 Å². The first-order chi connectivity index (χ1) is 53.1. The molecule has 0 fully saturated rings. The highest BCUT2D eigenvalue weighted by Crippen LogP contribution is 2.42. The van der Waals surface area contributed by atoms with E-state index in [-0.39, 0.29) is 11.7 Å². The van der Waals surface area contributed by atoms with Gasteiger partial charge in [-0.3, -0.25) is 9.49 Å². The average Bonchev–Trinajstić information content (AvgIpc) is 1.76. The average molecular weight is 1470 g/mol. The molecule has 0 saturated carbocycles. The maximum atomic E-state index is 16.0. The van der Waals surface area contributed by atoms with Gasteiger partial charge >= 0.3 is 0 Å². The second-order valence-electron chi connectivity index (χ2n) is 34.1. The van der Waals surface area contributed by atoms with Crippen LogP contribution in [0.4, 0.5) is 0 Å². The summed E-state index contributed by atoms with van der Waals surface area (Å²) in [5.74, 6) is 0.171. The third kappa shape index (κ3) is 55.5. The summed E-state index contributed by atoms with van der Waals surface area (Å²) >= 11 is 0. The second-order valence-corrected chi connectivity index (χ2v) is 34.1. The summed E-state index contributed by atoms with van der Waals surface area (Å²) in [6.07, 6.45) is 117. The molecule has 1 aliphatic heterocycles. The van der Waals surface area contributed by atoms with Gasteiger partial charge < -0.3 is 5.53 Å². The first-order valence-corrected chi connectivity index (χ1v) is 48.7. The first kappa shape index (κ1) is 97.6. The molecule has 107 heavy (non-hydrogen) atoms. The second kappa shape index (κ2) is 76.4. The Balaban J connectivity index is 1.61. The molecule has 0 amide bonds. The molecule has 0 spiro atoms. The van der Waals surface area contributed by atoms with Gasteiger partial charge in [0.25, 0.3) is 0 Å². The van der Waals surface area contributed by atoms with Gasteiger partial charge in [0.05, 0.1) is 0 Å². The Bertz CT molecular complexity index is 2450. The van der Waals surface area contributed by atoms with Crippen LogP contribution in [0.3, 0.4) is 0 Å². The maximum absolute atomic E-state index is 16.0. The van der Waals surface area contributed by atoms with Crippen molar-refractivity contribution in [1.29, 1.82) is 0 Å². The fourth-order valence-corrected chi connectivity index (χ4v) is 17.2. The van der Waals surface area contributed by atoms with E-state index >= 15 is 4.79 Å². The molecule has 1 atom stereocenters. The molecule has 0 radical (unpaired) electrons. The van der Waals surface area contributed by atoms with E-state index in [4.69, 9.17) is 0 Å². The Morgan fingerprint density at radius 1 is 0.318 bits per heavy atom. The lowest BCUT2D eigenvalue weighted by atomic mass is 9.77. The van der Waals surface area contributed by atoms with Gasteiger partial charge in [-0.2, -0.15) is 0 Å². The van der Waals surface area contributed by atoms with Crippen LogP contribution in [-0.2, 0) is 12.8 Å². The van der Waals surface area contributed by atoms with E-state index in [1.807, 2.05) is 6.08 Å². The number of carbonyl (C=O) groups excluding carboxylic acids is 1. The van der Waals surface area contributed by atoms with Crippen molar-refractivity contribution in [3.8, 4) is 0 Å². The van der Waals surface area contributed by atoms with Crippen LogP contribution in [0.1, 0.15) is 536 Å². The molecule has 0 saturated heterocycles. The van der Waals surface area contributed by atoms with Crippen molar-refractivity contribution in [3.63, 3.8) is 0 Å². The summed E-state index contributed by atoms with van der Waals surface area (Å²) < 4.78 is 1.35. The number of nitrogens with zero attached hydrogens (tertiary/aromatic N) is 2. The summed E-state index contributed by atoms with van der Waals surface area (Å²) in [6.45, 7) is 9.24. The number of Topliss-reactive ketones (excluding diaryl/α,β-unsaturated/α-hetero) is 1. The van der Waals surface area contributed by atoms with Gasteiger partial charge in [-0.15, -0.1) is 0 Å². The van der Waals surface area contributed by atoms with Crippen molar-refractivity contribution < 1.29 is 9.49 Å². The lowest BCUT2D eigenvalue weighted by Gasteiger charge is -2.27. The molecule has 3 nitrogen and oxygen atoms in total. The fraction of sp³-hybridized carbons (Fsp3) is 0.779. The number of hydrogen-bond acceptors (Lipinski definition) is 1. The Labute approximate surface area is 668 Å². The Morgan fingerprint density at radius 2 is 0.589 bits per heavy atom. The molecule has 0 bridgehead atoms. The van der Waals surface area contributed by atoms with Crippen LogP contribution < -0.4 is 0 Å². The van der Waals surface area contributed by atoms with Crippen LogP contribution in [0.2, 0.25) is 0 Å². The van der Waals surface area contributed by atoms with Crippen molar-refractivity contribution in [1.82, 2.24) is 0 Å². The summed E-state index contributed by atoms with van der Waals surface area (Å²) in [6, 6.07) is 17.9. The summed E-state index contributed by atoms with van der Waals surface area (Å²) in [5.41, 5.74) is 19.6. The number of aryl methyl sites for hydroxylation is 2. The van der Waals surface area contributed by atoms with E-state index < -0.39 is 0 Å². The highest BCUT2D eigenvalue weighted by atomic mass is 16.1. The quantitative estimate of drug-likeness (QED) is 0.0214. The highest BCUT2D eigenvalue weighted by Gasteiger charge is 2.33. The van der Waals surface area contributed by atoms with E-state index in [1.54, 1.807) is 6.20 Å². The van der Waals surface area contributed by atoms with Gasteiger partial charge in [-0.25, -0.2) is 0 Å². The lowest BCUT2D eigenvalue weighted by molar-refractivity contribution is -0.416. The molecular formula is C104H180N2O. The van der Waals surface area contributed by atoms with Crippen molar-refractivity contribution >= 4 is 5.78 Å². The van der Waals surface area contributed by atoms with E-state index in [2.05, 4.69) is 107 Å². The minimum Gasteiger partial charge on any atom is -0.494 e. The van der Waals surface area contributed by atoms with Crippen molar-refractivity contribution in [2.24, 2.45) is 0 Å². The smallest absolute Gasteiger partial charge is 0.203 e. The van der Waals surface area contributed by atoms with Crippen LogP contribution in [0.5, 0.6) is 0 Å². The molecule has 0 aliphatic carbocycles. The number of carbonyl (C=O) groups is 1. The predicted molar refractivity (Wildman–Crippen MR) is 478 cm³/mol. The number of unbranched alkanes of at least 4 members (excludes halogenated alkanes) is 66. The molecular weight excluding hydrogens is 1290 g/mol. The van der Waals surface area contributed by atoms with Gasteiger partial charge in [0, 0.05) is 34.8 Å². The number of hydrogen-bond donors (Lipinski definition) is 0. The third-order valence-electron chi connectivity index (χ3n) is 24.2. The maximum Gasteiger partial charge on any atom is 0.203 e. The summed E-state index contributed by atoms with van der Waals surface area (Å²) in [4.78, 5) is 16.0. The highest BCUT2D eigenvalue weighted by molar-refractivity contribution is 6.10. The van der Waals surface area contributed by atoms with Gasteiger partial charge in [0.1, 0.15) is 0 Å². The number of rotatable bonds is 83. The SMILES string of the molecule is CCCCCCCCCCCCCCCCCCCCCCCC=CCCCc1ccccc1C(=O)C(CCCCCCCC)=C(C1=CC=C[N+]1=[N-])C(CCCCCCCCCCCCCCCCCCCC)c1ccccc1CCCC=CCCCCCCCCCCCCCCCCCCCCCCC. The monoisotopic (exact) mass is 1470 g/mol. The van der Waals surface area contributed by atoms with Crippen molar-refractivity contribution in [2.45, 2.75) is 522 Å². The topological polar surface area (TPSA) is 42.4 Å². The minimum absolute atomic E-state index is 0.00679. The number of allylic oxidation sites excluding steroid dienone is 8. The predicted octanol–water partition coefficient (Wildman–Crippen LogP) is 36.5. The first-order valence-electron chi connectivity index (χ1n) is 48.7. The van der Waals surface area contributed by atoms with Crippen molar-refractivity contribution in [3.05, 3.63) is 136 Å². The summed E-state index contributed by atoms with van der Waals surface area (Å²) in [7, 11) is 0. The molecule has 1 aliphatic rings.